The fourth-order valence-corrected chi connectivity index (χ4v) is 4.84. The number of benzene rings is 3. The van der Waals surface area contributed by atoms with E-state index < -0.39 is 0 Å². The highest BCUT2D eigenvalue weighted by molar-refractivity contribution is 7.98. The minimum absolute atomic E-state index is 0.0194. The molecule has 1 aromatic heterocycles. The molecule has 0 spiro atoms. The molecule has 0 aliphatic rings. The Hall–Kier alpha value is -3.09. The molecule has 4 aromatic rings. The zero-order valence-corrected chi connectivity index (χ0v) is 20.7. The molecular formula is C27H26ClN3O2S. The number of nitrogens with zero attached hydrogens (tertiary/aromatic N) is 2. The summed E-state index contributed by atoms with van der Waals surface area (Å²) in [5, 5.41) is 4.68. The minimum atomic E-state index is -0.180. The van der Waals surface area contributed by atoms with E-state index in [9.17, 15) is 9.59 Å². The van der Waals surface area contributed by atoms with Gasteiger partial charge in [0.05, 0.1) is 10.9 Å². The molecule has 0 aliphatic carbocycles. The van der Waals surface area contributed by atoms with Gasteiger partial charge in [-0.25, -0.2) is 4.98 Å². The summed E-state index contributed by atoms with van der Waals surface area (Å²) in [5.41, 5.74) is 3.10. The summed E-state index contributed by atoms with van der Waals surface area (Å²) in [7, 11) is 0. The molecular weight excluding hydrogens is 466 g/mol. The zero-order chi connectivity index (χ0) is 24.1. The zero-order valence-electron chi connectivity index (χ0n) is 19.1. The smallest absolute Gasteiger partial charge is 0.262 e. The molecule has 0 atom stereocenters. The molecule has 3 aromatic carbocycles. The van der Waals surface area contributed by atoms with Crippen molar-refractivity contribution in [3.63, 3.8) is 0 Å². The third-order valence-corrected chi connectivity index (χ3v) is 6.61. The summed E-state index contributed by atoms with van der Waals surface area (Å²) in [6.07, 6.45) is 0.716. The van der Waals surface area contributed by atoms with Crippen LogP contribution in [0.25, 0.3) is 10.9 Å². The summed E-state index contributed by atoms with van der Waals surface area (Å²) >= 11 is 7.63. The van der Waals surface area contributed by atoms with E-state index in [0.29, 0.717) is 45.4 Å². The predicted octanol–water partition coefficient (Wildman–Crippen LogP) is 5.72. The summed E-state index contributed by atoms with van der Waals surface area (Å²) < 4.78 is 1.73. The van der Waals surface area contributed by atoms with Crippen molar-refractivity contribution in [2.45, 2.75) is 43.8 Å². The number of thioether (sulfide) groups is 1. The topological polar surface area (TPSA) is 64.0 Å². The normalized spacial score (nSPS) is 11.2. The molecule has 1 heterocycles. The number of aryl methyl sites for hydroxylation is 1. The van der Waals surface area contributed by atoms with Crippen molar-refractivity contribution >= 4 is 40.2 Å². The van der Waals surface area contributed by atoms with Crippen LogP contribution in [0, 0.1) is 0 Å². The highest BCUT2D eigenvalue weighted by Crippen LogP contribution is 2.24. The van der Waals surface area contributed by atoms with Crippen LogP contribution in [-0.2, 0) is 18.7 Å². The van der Waals surface area contributed by atoms with E-state index >= 15 is 0 Å². The van der Waals surface area contributed by atoms with Gasteiger partial charge >= 0.3 is 0 Å². The van der Waals surface area contributed by atoms with E-state index in [0.717, 1.165) is 11.1 Å². The van der Waals surface area contributed by atoms with Gasteiger partial charge in [0.2, 0.25) is 0 Å². The molecule has 0 unspecified atom stereocenters. The van der Waals surface area contributed by atoms with Gasteiger partial charge in [-0.3, -0.25) is 14.2 Å². The third-order valence-electron chi connectivity index (χ3n) is 5.33. The predicted molar refractivity (Wildman–Crippen MR) is 140 cm³/mol. The lowest BCUT2D eigenvalue weighted by atomic mass is 10.1. The number of hydrogen-bond donors (Lipinski definition) is 1. The van der Waals surface area contributed by atoms with E-state index in [4.69, 9.17) is 16.6 Å². The Morgan fingerprint density at radius 3 is 2.53 bits per heavy atom. The quantitative estimate of drug-likeness (QED) is 0.253. The lowest BCUT2D eigenvalue weighted by Crippen LogP contribution is -2.30. The van der Waals surface area contributed by atoms with Crippen LogP contribution >= 0.6 is 23.4 Å². The maximum absolute atomic E-state index is 13.5. The molecule has 0 radical (unpaired) electrons. The number of nitrogens with one attached hydrogen (secondary N) is 1. The monoisotopic (exact) mass is 491 g/mol. The number of hydrogen-bond acceptors (Lipinski definition) is 4. The molecule has 7 heteroatoms. The molecule has 1 amide bonds. The second-order valence-electron chi connectivity index (χ2n) is 8.37. The average Bonchev–Trinajstić information content (AvgIpc) is 2.82. The Balaban J connectivity index is 1.71. The van der Waals surface area contributed by atoms with Crippen molar-refractivity contribution in [1.82, 2.24) is 14.9 Å². The van der Waals surface area contributed by atoms with E-state index in [1.165, 1.54) is 11.8 Å². The van der Waals surface area contributed by atoms with E-state index in [1.54, 1.807) is 22.8 Å². The molecule has 0 bridgehead atoms. The molecule has 0 fully saturated rings. The summed E-state index contributed by atoms with van der Waals surface area (Å²) in [6.45, 7) is 4.33. The van der Waals surface area contributed by atoms with Crippen molar-refractivity contribution in [2.75, 3.05) is 0 Å². The molecule has 34 heavy (non-hydrogen) atoms. The van der Waals surface area contributed by atoms with Crippen LogP contribution in [0.1, 0.15) is 35.3 Å². The summed E-state index contributed by atoms with van der Waals surface area (Å²) in [6, 6.07) is 22.8. The van der Waals surface area contributed by atoms with E-state index in [-0.39, 0.29) is 17.5 Å². The number of rotatable bonds is 8. The molecule has 1 N–H and O–H groups in total. The first-order valence-electron chi connectivity index (χ1n) is 11.2. The second-order valence-corrected chi connectivity index (χ2v) is 9.74. The van der Waals surface area contributed by atoms with Crippen molar-refractivity contribution in [3.05, 3.63) is 105 Å². The van der Waals surface area contributed by atoms with Crippen molar-refractivity contribution in [1.29, 1.82) is 0 Å². The molecule has 0 saturated heterocycles. The number of fused-ring (bicyclic) bond motifs is 1. The highest BCUT2D eigenvalue weighted by atomic mass is 35.5. The van der Waals surface area contributed by atoms with Crippen LogP contribution in [0.15, 0.2) is 82.7 Å². The SMILES string of the molecule is CC(C)NC(=O)c1ccc2c(=O)n(CCc3ccccc3)c(SCc3cccc(Cl)c3)nc2c1. The van der Waals surface area contributed by atoms with Crippen molar-refractivity contribution in [2.24, 2.45) is 0 Å². The molecule has 5 nitrogen and oxygen atoms in total. The van der Waals surface area contributed by atoms with Gasteiger partial charge in [-0.1, -0.05) is 65.8 Å². The van der Waals surface area contributed by atoms with Crippen molar-refractivity contribution < 1.29 is 4.79 Å². The fourth-order valence-electron chi connectivity index (χ4n) is 3.66. The second kappa shape index (κ2) is 10.9. The Labute approximate surface area is 208 Å². The van der Waals surface area contributed by atoms with Crippen LogP contribution in [0.4, 0.5) is 0 Å². The number of carbonyl (C=O) groups excluding carboxylic acids is 1. The molecule has 4 rings (SSSR count). The minimum Gasteiger partial charge on any atom is -0.350 e. The highest BCUT2D eigenvalue weighted by Gasteiger charge is 2.15. The number of amides is 1. The Morgan fingerprint density at radius 2 is 1.79 bits per heavy atom. The molecule has 0 saturated carbocycles. The fraction of sp³-hybridized carbons (Fsp3) is 0.222. The van der Waals surface area contributed by atoms with Crippen LogP contribution in [0.2, 0.25) is 5.02 Å². The number of aromatic nitrogens is 2. The molecule has 0 aliphatic heterocycles. The van der Waals surface area contributed by atoms with Gasteiger partial charge in [0.1, 0.15) is 0 Å². The van der Waals surface area contributed by atoms with Gasteiger partial charge in [-0.15, -0.1) is 0 Å². The standard InChI is InChI=1S/C27H26ClN3O2S/c1-18(2)29-25(32)21-11-12-23-24(16-21)30-27(34-17-20-9-6-10-22(28)15-20)31(26(23)33)14-13-19-7-4-3-5-8-19/h3-12,15-16,18H,13-14,17H2,1-2H3,(H,29,32). The Morgan fingerprint density at radius 1 is 1.03 bits per heavy atom. The van der Waals surface area contributed by atoms with Gasteiger partial charge in [0.25, 0.3) is 11.5 Å². The van der Waals surface area contributed by atoms with Gasteiger partial charge in [-0.2, -0.15) is 0 Å². The largest absolute Gasteiger partial charge is 0.350 e. The lowest BCUT2D eigenvalue weighted by molar-refractivity contribution is 0.0943. The van der Waals surface area contributed by atoms with Crippen LogP contribution < -0.4 is 10.9 Å². The van der Waals surface area contributed by atoms with Crippen molar-refractivity contribution in [3.8, 4) is 0 Å². The summed E-state index contributed by atoms with van der Waals surface area (Å²) in [5.74, 6) is 0.442. The Kier molecular flexibility index (Phi) is 7.70. The van der Waals surface area contributed by atoms with E-state index in [2.05, 4.69) is 17.4 Å². The maximum Gasteiger partial charge on any atom is 0.262 e. The van der Waals surface area contributed by atoms with E-state index in [1.807, 2.05) is 56.3 Å². The first-order chi connectivity index (χ1) is 16.4. The van der Waals surface area contributed by atoms with Gasteiger partial charge in [0.15, 0.2) is 5.16 Å². The number of carbonyl (C=O) groups is 1. The first-order valence-corrected chi connectivity index (χ1v) is 12.5. The average molecular weight is 492 g/mol. The van der Waals surface area contributed by atoms with Crippen LogP contribution in [0.3, 0.4) is 0 Å². The number of halogens is 1. The van der Waals surface area contributed by atoms with Crippen LogP contribution in [0.5, 0.6) is 0 Å². The van der Waals surface area contributed by atoms with Gasteiger partial charge in [0, 0.05) is 28.9 Å². The molecule has 174 valence electrons. The third kappa shape index (κ3) is 5.88. The van der Waals surface area contributed by atoms with Crippen LogP contribution in [-0.4, -0.2) is 21.5 Å². The first kappa shape index (κ1) is 24.0. The Bertz CT molecular complexity index is 1370. The maximum atomic E-state index is 13.5. The lowest BCUT2D eigenvalue weighted by Gasteiger charge is -2.14. The summed E-state index contributed by atoms with van der Waals surface area (Å²) in [4.78, 5) is 30.8. The van der Waals surface area contributed by atoms with Gasteiger partial charge < -0.3 is 5.32 Å². The van der Waals surface area contributed by atoms with Gasteiger partial charge in [-0.05, 0) is 61.7 Å².